The summed E-state index contributed by atoms with van der Waals surface area (Å²) in [5.41, 5.74) is 2.40. The number of carbonyl (C=O) groups is 2. The van der Waals surface area contributed by atoms with Gasteiger partial charge < -0.3 is 15.0 Å². The van der Waals surface area contributed by atoms with E-state index in [1.54, 1.807) is 6.92 Å². The van der Waals surface area contributed by atoms with Crippen LogP contribution in [0.4, 0.5) is 4.79 Å². The molecule has 1 aliphatic rings. The number of ether oxygens (including phenoxy) is 1. The van der Waals surface area contributed by atoms with Gasteiger partial charge >= 0.3 is 12.0 Å². The quantitative estimate of drug-likeness (QED) is 0.839. The Morgan fingerprint density at radius 1 is 1.29 bits per heavy atom. The van der Waals surface area contributed by atoms with E-state index in [0.29, 0.717) is 13.2 Å². The van der Waals surface area contributed by atoms with Gasteiger partial charge in [-0.15, -0.1) is 0 Å². The summed E-state index contributed by atoms with van der Waals surface area (Å²) >= 11 is 0. The van der Waals surface area contributed by atoms with E-state index in [2.05, 4.69) is 30.4 Å². The van der Waals surface area contributed by atoms with Crippen LogP contribution in [-0.4, -0.2) is 36.6 Å². The van der Waals surface area contributed by atoms with Gasteiger partial charge in [-0.2, -0.15) is 0 Å². The summed E-state index contributed by atoms with van der Waals surface area (Å²) in [6.45, 7) is 5.29. The van der Waals surface area contributed by atoms with Crippen molar-refractivity contribution in [1.29, 1.82) is 0 Å². The van der Waals surface area contributed by atoms with Crippen molar-refractivity contribution in [3.8, 4) is 0 Å². The zero-order valence-electron chi connectivity index (χ0n) is 14.7. The standard InChI is InChI=1S/C19H28N2O3/c1-3-24-18(22)11-12-20-19(23)21-13-6-4-5-10-17(21)16-9-7-8-15(2)14-16/h7-9,14,17H,3-6,10-13H2,1-2H3,(H,20,23). The minimum atomic E-state index is -0.274. The van der Waals surface area contributed by atoms with E-state index in [1.165, 1.54) is 11.1 Å². The van der Waals surface area contributed by atoms with Crippen molar-refractivity contribution in [1.82, 2.24) is 10.2 Å². The molecule has 2 amide bonds. The van der Waals surface area contributed by atoms with Crippen LogP contribution < -0.4 is 5.32 Å². The van der Waals surface area contributed by atoms with E-state index in [0.717, 1.165) is 32.2 Å². The van der Waals surface area contributed by atoms with Crippen molar-refractivity contribution in [3.05, 3.63) is 35.4 Å². The van der Waals surface area contributed by atoms with E-state index >= 15 is 0 Å². The highest BCUT2D eigenvalue weighted by Gasteiger charge is 2.26. The van der Waals surface area contributed by atoms with E-state index in [9.17, 15) is 9.59 Å². The minimum absolute atomic E-state index is 0.0901. The predicted molar refractivity (Wildman–Crippen MR) is 93.7 cm³/mol. The molecule has 5 heteroatoms. The summed E-state index contributed by atoms with van der Waals surface area (Å²) in [5, 5.41) is 2.87. The monoisotopic (exact) mass is 332 g/mol. The number of likely N-dealkylation sites (tertiary alicyclic amines) is 1. The van der Waals surface area contributed by atoms with Gasteiger partial charge in [0.2, 0.25) is 0 Å². The SMILES string of the molecule is CCOC(=O)CCNC(=O)N1CCCCCC1c1cccc(C)c1. The lowest BCUT2D eigenvalue weighted by Gasteiger charge is -2.30. The Bertz CT molecular complexity index is 559. The molecule has 5 nitrogen and oxygen atoms in total. The van der Waals surface area contributed by atoms with Crippen LogP contribution in [0.2, 0.25) is 0 Å². The molecule has 0 saturated carbocycles. The Labute approximate surface area is 144 Å². The molecule has 132 valence electrons. The summed E-state index contributed by atoms with van der Waals surface area (Å²) in [6, 6.07) is 8.40. The topological polar surface area (TPSA) is 58.6 Å². The highest BCUT2D eigenvalue weighted by Crippen LogP contribution is 2.30. The molecule has 0 aliphatic carbocycles. The second-order valence-corrected chi connectivity index (χ2v) is 6.26. The number of hydrogen-bond acceptors (Lipinski definition) is 3. The van der Waals surface area contributed by atoms with Crippen LogP contribution in [0.5, 0.6) is 0 Å². The third kappa shape index (κ3) is 5.25. The fourth-order valence-electron chi connectivity index (χ4n) is 3.18. The summed E-state index contributed by atoms with van der Waals surface area (Å²) in [6.07, 6.45) is 4.49. The third-order valence-corrected chi connectivity index (χ3v) is 4.35. The number of aryl methyl sites for hydroxylation is 1. The Morgan fingerprint density at radius 3 is 2.88 bits per heavy atom. The second-order valence-electron chi connectivity index (χ2n) is 6.26. The third-order valence-electron chi connectivity index (χ3n) is 4.35. The van der Waals surface area contributed by atoms with Gasteiger partial charge in [0.15, 0.2) is 0 Å². The van der Waals surface area contributed by atoms with Crippen molar-refractivity contribution in [2.75, 3.05) is 19.7 Å². The number of urea groups is 1. The summed E-state index contributed by atoms with van der Waals surface area (Å²) in [7, 11) is 0. The number of rotatable bonds is 5. The lowest BCUT2D eigenvalue weighted by atomic mass is 9.99. The number of benzene rings is 1. The number of nitrogens with one attached hydrogen (secondary N) is 1. The van der Waals surface area contributed by atoms with Gasteiger partial charge in [-0.3, -0.25) is 4.79 Å². The fourth-order valence-corrected chi connectivity index (χ4v) is 3.18. The molecule has 1 aromatic carbocycles. The molecule has 1 atom stereocenters. The summed E-state index contributed by atoms with van der Waals surface area (Å²) < 4.78 is 4.89. The van der Waals surface area contributed by atoms with Gasteiger partial charge in [0.05, 0.1) is 19.1 Å². The average molecular weight is 332 g/mol. The van der Waals surface area contributed by atoms with Gasteiger partial charge in [0.1, 0.15) is 0 Å². The average Bonchev–Trinajstić information content (AvgIpc) is 2.81. The van der Waals surface area contributed by atoms with Gasteiger partial charge in [-0.05, 0) is 32.3 Å². The van der Waals surface area contributed by atoms with Crippen molar-refractivity contribution < 1.29 is 14.3 Å². The molecule has 24 heavy (non-hydrogen) atoms. The molecular formula is C19H28N2O3. The van der Waals surface area contributed by atoms with Gasteiger partial charge in [0.25, 0.3) is 0 Å². The van der Waals surface area contributed by atoms with Crippen molar-refractivity contribution in [3.63, 3.8) is 0 Å². The van der Waals surface area contributed by atoms with Gasteiger partial charge in [-0.25, -0.2) is 4.79 Å². The Balaban J connectivity index is 2.00. The largest absolute Gasteiger partial charge is 0.466 e. The lowest BCUT2D eigenvalue weighted by molar-refractivity contribution is -0.142. The first-order valence-corrected chi connectivity index (χ1v) is 8.88. The van der Waals surface area contributed by atoms with Gasteiger partial charge in [-0.1, -0.05) is 42.7 Å². The van der Waals surface area contributed by atoms with Crippen LogP contribution in [0.3, 0.4) is 0 Å². The van der Waals surface area contributed by atoms with Crippen LogP contribution in [0.15, 0.2) is 24.3 Å². The molecule has 1 heterocycles. The Hall–Kier alpha value is -2.04. The molecule has 1 saturated heterocycles. The molecule has 1 N–H and O–H groups in total. The molecule has 1 aliphatic heterocycles. The predicted octanol–water partition coefficient (Wildman–Crippen LogP) is 3.57. The number of esters is 1. The fraction of sp³-hybridized carbons (Fsp3) is 0.579. The lowest BCUT2D eigenvalue weighted by Crippen LogP contribution is -2.43. The van der Waals surface area contributed by atoms with E-state index in [1.807, 2.05) is 11.0 Å². The van der Waals surface area contributed by atoms with Crippen LogP contribution in [0, 0.1) is 6.92 Å². The number of amides is 2. The maximum atomic E-state index is 12.6. The maximum Gasteiger partial charge on any atom is 0.317 e. The smallest absolute Gasteiger partial charge is 0.317 e. The second kappa shape index (κ2) is 9.30. The van der Waals surface area contributed by atoms with Crippen molar-refractivity contribution in [2.45, 2.75) is 52.0 Å². The Kier molecular flexibility index (Phi) is 7.09. The van der Waals surface area contributed by atoms with E-state index in [-0.39, 0.29) is 24.5 Å². The molecule has 1 unspecified atom stereocenters. The molecule has 1 aromatic rings. The minimum Gasteiger partial charge on any atom is -0.466 e. The normalized spacial score (nSPS) is 17.9. The highest BCUT2D eigenvalue weighted by molar-refractivity contribution is 5.76. The van der Waals surface area contributed by atoms with Crippen LogP contribution in [0.1, 0.15) is 56.2 Å². The molecule has 1 fully saturated rings. The first-order chi connectivity index (χ1) is 11.6. The number of carbonyl (C=O) groups excluding carboxylic acids is 2. The van der Waals surface area contributed by atoms with Crippen molar-refractivity contribution in [2.24, 2.45) is 0 Å². The van der Waals surface area contributed by atoms with Crippen LogP contribution in [-0.2, 0) is 9.53 Å². The van der Waals surface area contributed by atoms with Crippen molar-refractivity contribution >= 4 is 12.0 Å². The number of nitrogens with zero attached hydrogens (tertiary/aromatic N) is 1. The molecule has 2 rings (SSSR count). The molecule has 0 bridgehead atoms. The van der Waals surface area contributed by atoms with Crippen LogP contribution >= 0.6 is 0 Å². The zero-order valence-corrected chi connectivity index (χ0v) is 14.7. The van der Waals surface area contributed by atoms with Gasteiger partial charge in [0, 0.05) is 13.1 Å². The zero-order chi connectivity index (χ0) is 17.4. The summed E-state index contributed by atoms with van der Waals surface area (Å²) in [5.74, 6) is -0.274. The van der Waals surface area contributed by atoms with Crippen LogP contribution in [0.25, 0.3) is 0 Å². The number of hydrogen-bond donors (Lipinski definition) is 1. The Morgan fingerprint density at radius 2 is 2.12 bits per heavy atom. The van der Waals surface area contributed by atoms with E-state index in [4.69, 9.17) is 4.74 Å². The molecular weight excluding hydrogens is 304 g/mol. The molecule has 0 spiro atoms. The molecule has 0 aromatic heterocycles. The molecule has 0 radical (unpaired) electrons. The highest BCUT2D eigenvalue weighted by atomic mass is 16.5. The first kappa shape index (κ1) is 18.3. The maximum absolute atomic E-state index is 12.6. The summed E-state index contributed by atoms with van der Waals surface area (Å²) in [4.78, 5) is 25.9. The van der Waals surface area contributed by atoms with E-state index < -0.39 is 0 Å². The first-order valence-electron chi connectivity index (χ1n) is 8.88.